The number of nitrogens with zero attached hydrogens (tertiary/aromatic N) is 3. The monoisotopic (exact) mass is 600 g/mol. The van der Waals surface area contributed by atoms with Gasteiger partial charge in [-0.15, -0.1) is 0 Å². The summed E-state index contributed by atoms with van der Waals surface area (Å²) in [7, 11) is 2.46. The van der Waals surface area contributed by atoms with E-state index < -0.39 is 47.5 Å². The predicted molar refractivity (Wildman–Crippen MR) is 153 cm³/mol. The van der Waals surface area contributed by atoms with Crippen molar-refractivity contribution in [1.29, 1.82) is 0 Å². The Hall–Kier alpha value is -4.43. The summed E-state index contributed by atoms with van der Waals surface area (Å²) in [5.74, 6) is -4.96. The van der Waals surface area contributed by atoms with Crippen molar-refractivity contribution in [2.24, 2.45) is 16.6 Å². The van der Waals surface area contributed by atoms with Gasteiger partial charge in [-0.25, -0.2) is 23.3 Å². The molecule has 2 aromatic carbocycles. The number of halogens is 2. The van der Waals surface area contributed by atoms with Crippen molar-refractivity contribution in [3.05, 3.63) is 65.2 Å². The molecule has 2 heterocycles. The lowest BCUT2D eigenvalue weighted by Crippen LogP contribution is -2.54. The van der Waals surface area contributed by atoms with E-state index in [1.54, 1.807) is 12.1 Å². The number of esters is 1. The number of ether oxygens (including phenoxy) is 2. The average Bonchev–Trinajstić information content (AvgIpc) is 3.00. The average molecular weight is 601 g/mol. The zero-order chi connectivity index (χ0) is 31.1. The number of primary amides is 1. The summed E-state index contributed by atoms with van der Waals surface area (Å²) in [5.41, 5.74) is 6.78. The van der Waals surface area contributed by atoms with Gasteiger partial charge in [0.25, 0.3) is 5.91 Å². The number of amides is 5. The number of carbonyl (C=O) groups is 4. The number of carbonyl (C=O) groups excluding carboxylic acids is 4. The number of urea groups is 2. The van der Waals surface area contributed by atoms with Gasteiger partial charge in [0.1, 0.15) is 5.92 Å². The maximum Gasteiger partial charge on any atom is 0.352 e. The van der Waals surface area contributed by atoms with Crippen molar-refractivity contribution in [2.75, 3.05) is 51.9 Å². The Morgan fingerprint density at radius 1 is 1.05 bits per heavy atom. The fraction of sp³-hybridized carbons (Fsp3) is 0.414. The van der Waals surface area contributed by atoms with Crippen LogP contribution in [0.3, 0.4) is 0 Å². The molecule has 0 spiro atoms. The fourth-order valence-electron chi connectivity index (χ4n) is 5.42. The second-order valence-corrected chi connectivity index (χ2v) is 10.1. The molecule has 2 atom stereocenters. The summed E-state index contributed by atoms with van der Waals surface area (Å²) in [6.45, 7) is 1.66. The summed E-state index contributed by atoms with van der Waals surface area (Å²) in [4.78, 5) is 57.7. The molecule has 230 valence electrons. The highest BCUT2D eigenvalue weighted by Crippen LogP contribution is 2.36. The third-order valence-electron chi connectivity index (χ3n) is 7.49. The SMILES string of the molecule is COCC1=NC(=O)N(C(=O)NCCNC2CCN(c3ccccc3C(N)=O)CC2)C(c2ccc(F)c(F)c2)C1C(=O)OC. The number of nitrogens with one attached hydrogen (secondary N) is 2. The van der Waals surface area contributed by atoms with Crippen LogP contribution in [0, 0.1) is 17.6 Å². The molecule has 0 radical (unpaired) electrons. The first-order valence-corrected chi connectivity index (χ1v) is 13.7. The minimum absolute atomic E-state index is 0.00379. The lowest BCUT2D eigenvalue weighted by molar-refractivity contribution is -0.144. The topological polar surface area (TPSA) is 156 Å². The van der Waals surface area contributed by atoms with Gasteiger partial charge >= 0.3 is 18.0 Å². The molecule has 0 aromatic heterocycles. The Morgan fingerprint density at radius 3 is 2.42 bits per heavy atom. The highest BCUT2D eigenvalue weighted by Gasteiger charge is 2.47. The maximum atomic E-state index is 14.2. The van der Waals surface area contributed by atoms with Crippen molar-refractivity contribution in [3.8, 4) is 0 Å². The van der Waals surface area contributed by atoms with Crippen molar-refractivity contribution >= 4 is 35.3 Å². The smallest absolute Gasteiger partial charge is 0.352 e. The van der Waals surface area contributed by atoms with E-state index in [0.29, 0.717) is 30.1 Å². The Morgan fingerprint density at radius 2 is 1.77 bits per heavy atom. The summed E-state index contributed by atoms with van der Waals surface area (Å²) < 4.78 is 38.0. The van der Waals surface area contributed by atoms with E-state index in [2.05, 4.69) is 20.5 Å². The summed E-state index contributed by atoms with van der Waals surface area (Å²) in [6, 6.07) is 6.99. The molecule has 2 aliphatic heterocycles. The van der Waals surface area contributed by atoms with Gasteiger partial charge in [0.2, 0.25) is 0 Å². The number of para-hydroxylation sites is 1. The largest absolute Gasteiger partial charge is 0.468 e. The quantitative estimate of drug-likeness (QED) is 0.277. The van der Waals surface area contributed by atoms with Crippen LogP contribution in [0.15, 0.2) is 47.5 Å². The molecule has 1 saturated heterocycles. The Bertz CT molecular complexity index is 1400. The standard InChI is InChI=1S/C29H34F2N6O6/c1-42-16-22-24(27(39)43-2)25(17-7-8-20(30)21(31)15-17)37(29(41)35-22)28(40)34-12-11-33-18-9-13-36(14-10-18)23-6-4-3-5-19(23)26(32)38/h3-8,15,18,24-25,33H,9-14,16H2,1-2H3,(H2,32,38)(H,34,40). The van der Waals surface area contributed by atoms with Crippen LogP contribution in [0.4, 0.5) is 24.1 Å². The third kappa shape index (κ3) is 7.14. The van der Waals surface area contributed by atoms with Crippen LogP contribution >= 0.6 is 0 Å². The first kappa shape index (κ1) is 31.5. The second-order valence-electron chi connectivity index (χ2n) is 10.1. The van der Waals surface area contributed by atoms with Crippen LogP contribution in [0.25, 0.3) is 0 Å². The first-order valence-electron chi connectivity index (χ1n) is 13.7. The minimum Gasteiger partial charge on any atom is -0.468 e. The Kier molecular flexibility index (Phi) is 10.4. The second kappa shape index (κ2) is 14.2. The van der Waals surface area contributed by atoms with Gasteiger partial charge in [0, 0.05) is 45.0 Å². The molecular formula is C29H34F2N6O6. The van der Waals surface area contributed by atoms with Crippen LogP contribution in [0.1, 0.15) is 34.8 Å². The first-order chi connectivity index (χ1) is 20.7. The van der Waals surface area contributed by atoms with Gasteiger partial charge in [-0.1, -0.05) is 18.2 Å². The van der Waals surface area contributed by atoms with Gasteiger partial charge in [-0.3, -0.25) is 9.59 Å². The van der Waals surface area contributed by atoms with E-state index in [9.17, 15) is 28.0 Å². The molecule has 14 heteroatoms. The molecule has 43 heavy (non-hydrogen) atoms. The molecule has 0 saturated carbocycles. The number of imide groups is 1. The number of aliphatic imine (C=N–C) groups is 1. The lowest BCUT2D eigenvalue weighted by atomic mass is 9.86. The number of nitrogens with two attached hydrogens (primary N) is 1. The highest BCUT2D eigenvalue weighted by molar-refractivity contribution is 6.12. The molecule has 12 nitrogen and oxygen atoms in total. The van der Waals surface area contributed by atoms with E-state index >= 15 is 0 Å². The number of piperidine rings is 1. The molecule has 2 unspecified atom stereocenters. The molecule has 2 aromatic rings. The van der Waals surface area contributed by atoms with E-state index in [1.807, 2.05) is 12.1 Å². The molecule has 4 N–H and O–H groups in total. The third-order valence-corrected chi connectivity index (χ3v) is 7.49. The number of rotatable bonds is 10. The van der Waals surface area contributed by atoms with E-state index in [1.165, 1.54) is 13.2 Å². The number of hydrogen-bond acceptors (Lipinski definition) is 8. The summed E-state index contributed by atoms with van der Waals surface area (Å²) in [5, 5.41) is 6.02. The molecule has 1 fully saturated rings. The zero-order valence-electron chi connectivity index (χ0n) is 23.8. The normalized spacial score (nSPS) is 19.2. The molecule has 0 aliphatic carbocycles. The fourth-order valence-corrected chi connectivity index (χ4v) is 5.42. The van der Waals surface area contributed by atoms with Crippen LogP contribution in [0.2, 0.25) is 0 Å². The van der Waals surface area contributed by atoms with Crippen molar-refractivity contribution in [2.45, 2.75) is 24.9 Å². The molecule has 2 aliphatic rings. The van der Waals surface area contributed by atoms with Crippen molar-refractivity contribution < 1.29 is 37.4 Å². The lowest BCUT2D eigenvalue weighted by Gasteiger charge is -2.37. The molecule has 4 rings (SSSR count). The molecular weight excluding hydrogens is 566 g/mol. The van der Waals surface area contributed by atoms with Gasteiger partial charge in [-0.2, -0.15) is 4.99 Å². The number of benzene rings is 2. The van der Waals surface area contributed by atoms with Gasteiger partial charge < -0.3 is 30.7 Å². The maximum absolute atomic E-state index is 14.2. The number of anilines is 1. The number of methoxy groups -OCH3 is 2. The van der Waals surface area contributed by atoms with Crippen molar-refractivity contribution in [3.63, 3.8) is 0 Å². The van der Waals surface area contributed by atoms with E-state index in [4.69, 9.17) is 15.2 Å². The molecule has 0 bridgehead atoms. The Labute approximate surface area is 247 Å². The number of hydrogen-bond donors (Lipinski definition) is 3. The van der Waals surface area contributed by atoms with Gasteiger partial charge in [-0.05, 0) is 42.7 Å². The molecule has 5 amide bonds. The van der Waals surface area contributed by atoms with Gasteiger partial charge in [0.15, 0.2) is 11.6 Å². The van der Waals surface area contributed by atoms with Crippen LogP contribution in [-0.4, -0.2) is 87.6 Å². The summed E-state index contributed by atoms with van der Waals surface area (Å²) in [6.07, 6.45) is 1.56. The van der Waals surface area contributed by atoms with Crippen LogP contribution in [-0.2, 0) is 14.3 Å². The summed E-state index contributed by atoms with van der Waals surface area (Å²) >= 11 is 0. The predicted octanol–water partition coefficient (Wildman–Crippen LogP) is 2.39. The van der Waals surface area contributed by atoms with Gasteiger partial charge in [0.05, 0.1) is 31.0 Å². The van der Waals surface area contributed by atoms with E-state index in [-0.39, 0.29) is 30.5 Å². The van der Waals surface area contributed by atoms with Crippen molar-refractivity contribution in [1.82, 2.24) is 15.5 Å². The van der Waals surface area contributed by atoms with Crippen LogP contribution in [0.5, 0.6) is 0 Å². The minimum atomic E-state index is -1.36. The zero-order valence-corrected chi connectivity index (χ0v) is 23.8. The van der Waals surface area contributed by atoms with E-state index in [0.717, 1.165) is 37.8 Å². The highest BCUT2D eigenvalue weighted by atomic mass is 19.2. The van der Waals surface area contributed by atoms with Crippen LogP contribution < -0.4 is 21.3 Å². The Balaban J connectivity index is 1.40.